The highest BCUT2D eigenvalue weighted by molar-refractivity contribution is 5.43. The van der Waals surface area contributed by atoms with Gasteiger partial charge in [0, 0.05) is 11.7 Å². The van der Waals surface area contributed by atoms with E-state index < -0.39 is 0 Å². The second-order valence-corrected chi connectivity index (χ2v) is 3.91. The summed E-state index contributed by atoms with van der Waals surface area (Å²) in [6.07, 6.45) is 1.08. The van der Waals surface area contributed by atoms with Crippen LogP contribution in [0.3, 0.4) is 0 Å². The minimum atomic E-state index is -0.187. The minimum Gasteiger partial charge on any atom is -0.382 e. The molecule has 1 rings (SSSR count). The van der Waals surface area contributed by atoms with Crippen LogP contribution in [0.25, 0.3) is 0 Å². The van der Waals surface area contributed by atoms with E-state index in [1.807, 2.05) is 0 Å². The van der Waals surface area contributed by atoms with Gasteiger partial charge in [0.15, 0.2) is 0 Å². The first-order chi connectivity index (χ1) is 6.63. The van der Waals surface area contributed by atoms with E-state index in [0.29, 0.717) is 12.0 Å². The smallest absolute Gasteiger partial charge is 0.123 e. The van der Waals surface area contributed by atoms with Crippen LogP contribution in [0.1, 0.15) is 27.2 Å². The van der Waals surface area contributed by atoms with Gasteiger partial charge in [-0.1, -0.05) is 20.8 Å². The summed E-state index contributed by atoms with van der Waals surface area (Å²) in [7, 11) is 0. The Kier molecular flexibility index (Phi) is 3.93. The van der Waals surface area contributed by atoms with Gasteiger partial charge in [-0.2, -0.15) is 0 Å². The highest BCUT2D eigenvalue weighted by Gasteiger charge is 2.09. The van der Waals surface area contributed by atoms with Crippen LogP contribution >= 0.6 is 0 Å². The Hall–Kier alpha value is -1.05. The maximum absolute atomic E-state index is 12.6. The Morgan fingerprint density at radius 1 is 1.21 bits per heavy atom. The van der Waals surface area contributed by atoms with E-state index in [-0.39, 0.29) is 5.82 Å². The van der Waals surface area contributed by atoms with Crippen molar-refractivity contribution in [2.45, 2.75) is 33.2 Å². The molecular formula is C12H18FN. The summed E-state index contributed by atoms with van der Waals surface area (Å²) >= 11 is 0. The zero-order valence-electron chi connectivity index (χ0n) is 9.05. The summed E-state index contributed by atoms with van der Waals surface area (Å²) < 4.78 is 12.6. The molecular weight excluding hydrogens is 177 g/mol. The van der Waals surface area contributed by atoms with Crippen LogP contribution < -0.4 is 5.32 Å². The molecule has 1 N–H and O–H groups in total. The van der Waals surface area contributed by atoms with E-state index in [9.17, 15) is 4.39 Å². The quantitative estimate of drug-likeness (QED) is 0.773. The molecule has 2 heteroatoms. The normalized spacial score (nSPS) is 12.9. The van der Waals surface area contributed by atoms with Gasteiger partial charge in [-0.05, 0) is 36.6 Å². The first kappa shape index (κ1) is 11.0. The van der Waals surface area contributed by atoms with Gasteiger partial charge in [0.1, 0.15) is 5.82 Å². The molecule has 1 aromatic carbocycles. The predicted octanol–water partition coefficient (Wildman–Crippen LogP) is 3.67. The Labute approximate surface area is 85.3 Å². The van der Waals surface area contributed by atoms with Crippen molar-refractivity contribution in [3.63, 3.8) is 0 Å². The molecule has 1 aromatic rings. The van der Waals surface area contributed by atoms with E-state index in [1.54, 1.807) is 12.1 Å². The lowest BCUT2D eigenvalue weighted by atomic mass is 10.0. The molecule has 0 fully saturated rings. The number of rotatable bonds is 4. The Bertz CT molecular complexity index is 266. The minimum absolute atomic E-state index is 0.187. The molecule has 0 heterocycles. The Morgan fingerprint density at radius 2 is 1.79 bits per heavy atom. The first-order valence-corrected chi connectivity index (χ1v) is 5.15. The van der Waals surface area contributed by atoms with Gasteiger partial charge in [0.2, 0.25) is 0 Å². The molecule has 0 radical (unpaired) electrons. The van der Waals surface area contributed by atoms with Gasteiger partial charge in [-0.15, -0.1) is 0 Å². The molecule has 1 unspecified atom stereocenters. The largest absolute Gasteiger partial charge is 0.382 e. The summed E-state index contributed by atoms with van der Waals surface area (Å²) in [5.74, 6) is 0.401. The van der Waals surface area contributed by atoms with Crippen LogP contribution in [0.2, 0.25) is 0 Å². The lowest BCUT2D eigenvalue weighted by Crippen LogP contribution is -2.24. The van der Waals surface area contributed by atoms with Crippen molar-refractivity contribution in [1.29, 1.82) is 0 Å². The third-order valence-corrected chi connectivity index (χ3v) is 2.44. The van der Waals surface area contributed by atoms with Gasteiger partial charge < -0.3 is 5.32 Å². The van der Waals surface area contributed by atoms with Crippen molar-refractivity contribution in [3.8, 4) is 0 Å². The molecule has 0 spiro atoms. The molecule has 1 atom stereocenters. The fourth-order valence-electron chi connectivity index (χ4n) is 1.50. The summed E-state index contributed by atoms with van der Waals surface area (Å²) in [6, 6.07) is 6.98. The maximum Gasteiger partial charge on any atom is 0.123 e. The molecule has 78 valence electrons. The van der Waals surface area contributed by atoms with Gasteiger partial charge in [-0.25, -0.2) is 4.39 Å². The number of nitrogens with one attached hydrogen (secondary N) is 1. The van der Waals surface area contributed by atoms with Crippen LogP contribution in [0.15, 0.2) is 24.3 Å². The van der Waals surface area contributed by atoms with Crippen molar-refractivity contribution in [3.05, 3.63) is 30.1 Å². The molecule has 0 amide bonds. The summed E-state index contributed by atoms with van der Waals surface area (Å²) in [5, 5.41) is 3.39. The topological polar surface area (TPSA) is 12.0 Å². The van der Waals surface area contributed by atoms with Crippen molar-refractivity contribution < 1.29 is 4.39 Å². The van der Waals surface area contributed by atoms with Crippen molar-refractivity contribution in [2.24, 2.45) is 5.92 Å². The summed E-state index contributed by atoms with van der Waals surface area (Å²) in [5.41, 5.74) is 0.993. The molecule has 0 aliphatic rings. The third kappa shape index (κ3) is 3.02. The van der Waals surface area contributed by atoms with Gasteiger partial charge >= 0.3 is 0 Å². The molecule has 0 aliphatic heterocycles. The van der Waals surface area contributed by atoms with E-state index in [0.717, 1.165) is 12.1 Å². The predicted molar refractivity (Wildman–Crippen MR) is 58.9 cm³/mol. The highest BCUT2D eigenvalue weighted by Crippen LogP contribution is 2.15. The van der Waals surface area contributed by atoms with E-state index in [4.69, 9.17) is 0 Å². The summed E-state index contributed by atoms with van der Waals surface area (Å²) in [6.45, 7) is 6.52. The standard InChI is InChI=1S/C12H18FN/c1-4-12(9(2)3)14-11-7-5-10(13)6-8-11/h5-9,12,14H,4H2,1-3H3. The third-order valence-electron chi connectivity index (χ3n) is 2.44. The fraction of sp³-hybridized carbons (Fsp3) is 0.500. The number of hydrogen-bond acceptors (Lipinski definition) is 1. The monoisotopic (exact) mass is 195 g/mol. The van der Waals surface area contributed by atoms with Gasteiger partial charge in [0.05, 0.1) is 0 Å². The van der Waals surface area contributed by atoms with Crippen LogP contribution in [-0.4, -0.2) is 6.04 Å². The molecule has 0 aromatic heterocycles. The summed E-state index contributed by atoms with van der Waals surface area (Å²) in [4.78, 5) is 0. The lowest BCUT2D eigenvalue weighted by Gasteiger charge is -2.21. The van der Waals surface area contributed by atoms with Crippen LogP contribution in [0, 0.1) is 11.7 Å². The Morgan fingerprint density at radius 3 is 2.21 bits per heavy atom. The number of hydrogen-bond donors (Lipinski definition) is 1. The fourth-order valence-corrected chi connectivity index (χ4v) is 1.50. The maximum atomic E-state index is 12.6. The molecule has 1 nitrogen and oxygen atoms in total. The van der Waals surface area contributed by atoms with E-state index >= 15 is 0 Å². The van der Waals surface area contributed by atoms with Gasteiger partial charge in [-0.3, -0.25) is 0 Å². The Balaban J connectivity index is 2.63. The van der Waals surface area contributed by atoms with Crippen molar-refractivity contribution in [2.75, 3.05) is 5.32 Å². The van der Waals surface area contributed by atoms with Crippen molar-refractivity contribution >= 4 is 5.69 Å². The van der Waals surface area contributed by atoms with Crippen LogP contribution in [0.4, 0.5) is 10.1 Å². The number of benzene rings is 1. The molecule has 0 bridgehead atoms. The molecule has 0 aliphatic carbocycles. The van der Waals surface area contributed by atoms with E-state index in [1.165, 1.54) is 12.1 Å². The molecule has 0 saturated heterocycles. The first-order valence-electron chi connectivity index (χ1n) is 5.15. The van der Waals surface area contributed by atoms with Crippen LogP contribution in [0.5, 0.6) is 0 Å². The average Bonchev–Trinajstić information content (AvgIpc) is 2.16. The van der Waals surface area contributed by atoms with Crippen molar-refractivity contribution in [1.82, 2.24) is 0 Å². The zero-order chi connectivity index (χ0) is 10.6. The molecule has 0 saturated carbocycles. The number of anilines is 1. The number of halogens is 1. The SMILES string of the molecule is CCC(Nc1ccc(F)cc1)C(C)C. The molecule has 14 heavy (non-hydrogen) atoms. The van der Waals surface area contributed by atoms with Crippen LogP contribution in [-0.2, 0) is 0 Å². The lowest BCUT2D eigenvalue weighted by molar-refractivity contribution is 0.511. The van der Waals surface area contributed by atoms with Gasteiger partial charge in [0.25, 0.3) is 0 Å². The second-order valence-electron chi connectivity index (χ2n) is 3.91. The second kappa shape index (κ2) is 4.99. The zero-order valence-corrected chi connectivity index (χ0v) is 9.05. The average molecular weight is 195 g/mol. The highest BCUT2D eigenvalue weighted by atomic mass is 19.1. The van der Waals surface area contributed by atoms with E-state index in [2.05, 4.69) is 26.1 Å².